The van der Waals surface area contributed by atoms with Crippen LogP contribution in [0.2, 0.25) is 0 Å². The number of piperidine rings is 1. The number of rotatable bonds is 6. The Morgan fingerprint density at radius 3 is 2.55 bits per heavy atom. The molecule has 5 nitrogen and oxygen atoms in total. The molecular weight excluding hydrogens is 296 g/mol. The maximum absolute atomic E-state index is 12.0. The molecule has 1 aliphatic heterocycles. The Labute approximate surface area is 137 Å². The number of amides is 1. The number of hydrogen-bond donors (Lipinski definition) is 1. The van der Waals surface area contributed by atoms with Gasteiger partial charge in [0.15, 0.2) is 5.16 Å². The Balaban J connectivity index is 1.68. The number of carbonyl (C=O) groups is 1. The van der Waals surface area contributed by atoms with E-state index in [1.807, 2.05) is 6.26 Å². The highest BCUT2D eigenvalue weighted by Crippen LogP contribution is 2.20. The molecule has 1 amide bonds. The van der Waals surface area contributed by atoms with Gasteiger partial charge in [-0.2, -0.15) is 0 Å². The minimum Gasteiger partial charge on any atom is -0.352 e. The molecule has 122 valence electrons. The second-order valence-corrected chi connectivity index (χ2v) is 7.05. The van der Waals surface area contributed by atoms with E-state index in [9.17, 15) is 4.79 Å². The summed E-state index contributed by atoms with van der Waals surface area (Å²) in [4.78, 5) is 22.7. The van der Waals surface area contributed by atoms with E-state index in [1.54, 1.807) is 12.4 Å². The molecular formula is C16H26N4OS. The Morgan fingerprint density at radius 1 is 1.32 bits per heavy atom. The average molecular weight is 322 g/mol. The first-order valence-corrected chi connectivity index (χ1v) is 9.17. The van der Waals surface area contributed by atoms with Gasteiger partial charge < -0.3 is 10.2 Å². The van der Waals surface area contributed by atoms with Crippen molar-refractivity contribution < 1.29 is 4.79 Å². The second-order valence-electron chi connectivity index (χ2n) is 6.27. The summed E-state index contributed by atoms with van der Waals surface area (Å²) in [5.41, 5.74) is 0.526. The Hall–Kier alpha value is -1.14. The van der Waals surface area contributed by atoms with Crippen molar-refractivity contribution in [2.75, 3.05) is 32.4 Å². The van der Waals surface area contributed by atoms with Crippen LogP contribution in [-0.4, -0.2) is 53.2 Å². The van der Waals surface area contributed by atoms with E-state index >= 15 is 0 Å². The molecule has 0 radical (unpaired) electrons. The Morgan fingerprint density at radius 2 is 1.95 bits per heavy atom. The number of aromatic nitrogens is 2. The van der Waals surface area contributed by atoms with Crippen LogP contribution in [0.5, 0.6) is 0 Å². The van der Waals surface area contributed by atoms with Gasteiger partial charge in [0.1, 0.15) is 0 Å². The maximum Gasteiger partial charge on any atom is 0.254 e. The van der Waals surface area contributed by atoms with Gasteiger partial charge in [-0.3, -0.25) is 4.79 Å². The third kappa shape index (κ3) is 5.25. The van der Waals surface area contributed by atoms with E-state index in [0.717, 1.165) is 24.8 Å². The van der Waals surface area contributed by atoms with E-state index in [1.165, 1.54) is 31.3 Å². The van der Waals surface area contributed by atoms with Crippen LogP contribution < -0.4 is 5.32 Å². The summed E-state index contributed by atoms with van der Waals surface area (Å²) in [5, 5.41) is 3.63. The average Bonchev–Trinajstić information content (AvgIpc) is 2.50. The lowest BCUT2D eigenvalue weighted by molar-refractivity contribution is 0.0946. The molecule has 2 rings (SSSR count). The Bertz CT molecular complexity index is 470. The summed E-state index contributed by atoms with van der Waals surface area (Å²) < 4.78 is 0. The summed E-state index contributed by atoms with van der Waals surface area (Å²) in [6, 6.07) is 0. The normalized spacial score (nSPS) is 22.5. The van der Waals surface area contributed by atoms with Crippen molar-refractivity contribution in [3.63, 3.8) is 0 Å². The van der Waals surface area contributed by atoms with Crippen LogP contribution in [0, 0.1) is 11.8 Å². The monoisotopic (exact) mass is 322 g/mol. The van der Waals surface area contributed by atoms with Crippen LogP contribution in [0.1, 0.15) is 37.0 Å². The topological polar surface area (TPSA) is 58.1 Å². The molecule has 0 aliphatic carbocycles. The predicted molar refractivity (Wildman–Crippen MR) is 90.1 cm³/mol. The van der Waals surface area contributed by atoms with Crippen LogP contribution in [0.3, 0.4) is 0 Å². The van der Waals surface area contributed by atoms with Crippen LogP contribution in [0.4, 0.5) is 0 Å². The molecule has 6 heteroatoms. The SMILES string of the molecule is CSc1ncc(C(=O)NCCCN2CC(C)CC(C)C2)cn1. The highest BCUT2D eigenvalue weighted by molar-refractivity contribution is 7.98. The molecule has 2 unspecified atom stereocenters. The van der Waals surface area contributed by atoms with Crippen molar-refractivity contribution in [2.45, 2.75) is 31.8 Å². The quantitative estimate of drug-likeness (QED) is 0.495. The molecule has 22 heavy (non-hydrogen) atoms. The number of likely N-dealkylation sites (tertiary alicyclic amines) is 1. The van der Waals surface area contributed by atoms with Gasteiger partial charge in [0.25, 0.3) is 5.91 Å². The lowest BCUT2D eigenvalue weighted by atomic mass is 9.92. The fourth-order valence-corrected chi connectivity index (χ4v) is 3.44. The van der Waals surface area contributed by atoms with Crippen molar-refractivity contribution in [2.24, 2.45) is 11.8 Å². The van der Waals surface area contributed by atoms with Crippen molar-refractivity contribution in [1.82, 2.24) is 20.2 Å². The van der Waals surface area contributed by atoms with E-state index in [-0.39, 0.29) is 5.91 Å². The number of hydrogen-bond acceptors (Lipinski definition) is 5. The third-order valence-corrected chi connectivity index (χ3v) is 4.53. The standard InChI is InChI=1S/C16H26N4OS/c1-12-7-13(2)11-20(10-12)6-4-5-17-15(21)14-8-18-16(22-3)19-9-14/h8-9,12-13H,4-7,10-11H2,1-3H3,(H,17,21). The van der Waals surface area contributed by atoms with Gasteiger partial charge in [0.2, 0.25) is 0 Å². The zero-order valence-corrected chi connectivity index (χ0v) is 14.5. The number of nitrogens with zero attached hydrogens (tertiary/aromatic N) is 3. The van der Waals surface area contributed by atoms with E-state index in [4.69, 9.17) is 0 Å². The fraction of sp³-hybridized carbons (Fsp3) is 0.688. The molecule has 1 fully saturated rings. The lowest BCUT2D eigenvalue weighted by Crippen LogP contribution is -2.40. The maximum atomic E-state index is 12.0. The fourth-order valence-electron chi connectivity index (χ4n) is 3.12. The van der Waals surface area contributed by atoms with Crippen molar-refractivity contribution in [3.05, 3.63) is 18.0 Å². The highest BCUT2D eigenvalue weighted by Gasteiger charge is 2.21. The smallest absolute Gasteiger partial charge is 0.254 e. The molecule has 2 heterocycles. The zero-order chi connectivity index (χ0) is 15.9. The van der Waals surface area contributed by atoms with Gasteiger partial charge in [-0.25, -0.2) is 9.97 Å². The minimum absolute atomic E-state index is 0.0898. The van der Waals surface area contributed by atoms with Gasteiger partial charge in [0, 0.05) is 32.0 Å². The van der Waals surface area contributed by atoms with Crippen molar-refractivity contribution >= 4 is 17.7 Å². The summed E-state index contributed by atoms with van der Waals surface area (Å²) in [6.45, 7) is 8.76. The van der Waals surface area contributed by atoms with Crippen LogP contribution in [0.25, 0.3) is 0 Å². The second kappa shape index (κ2) is 8.48. The van der Waals surface area contributed by atoms with E-state index < -0.39 is 0 Å². The van der Waals surface area contributed by atoms with Crippen molar-refractivity contribution in [3.8, 4) is 0 Å². The van der Waals surface area contributed by atoms with Crippen molar-refractivity contribution in [1.29, 1.82) is 0 Å². The molecule has 0 aromatic carbocycles. The first kappa shape index (κ1) is 17.2. The number of nitrogens with one attached hydrogen (secondary N) is 1. The summed E-state index contributed by atoms with van der Waals surface area (Å²) in [5.74, 6) is 1.48. The van der Waals surface area contributed by atoms with E-state index in [0.29, 0.717) is 17.3 Å². The molecule has 1 aromatic heterocycles. The van der Waals surface area contributed by atoms with E-state index in [2.05, 4.69) is 34.0 Å². The van der Waals surface area contributed by atoms with Crippen LogP contribution >= 0.6 is 11.8 Å². The molecule has 1 saturated heterocycles. The van der Waals surface area contributed by atoms with Gasteiger partial charge in [-0.1, -0.05) is 25.6 Å². The minimum atomic E-state index is -0.0898. The van der Waals surface area contributed by atoms with Gasteiger partial charge in [0.05, 0.1) is 5.56 Å². The highest BCUT2D eigenvalue weighted by atomic mass is 32.2. The third-order valence-electron chi connectivity index (χ3n) is 3.95. The summed E-state index contributed by atoms with van der Waals surface area (Å²) >= 11 is 1.47. The molecule has 0 saturated carbocycles. The summed E-state index contributed by atoms with van der Waals surface area (Å²) in [7, 11) is 0. The lowest BCUT2D eigenvalue weighted by Gasteiger charge is -2.34. The van der Waals surface area contributed by atoms with Gasteiger partial charge >= 0.3 is 0 Å². The zero-order valence-electron chi connectivity index (χ0n) is 13.7. The van der Waals surface area contributed by atoms with Gasteiger partial charge in [-0.15, -0.1) is 0 Å². The molecule has 1 aromatic rings. The molecule has 2 atom stereocenters. The van der Waals surface area contributed by atoms with Crippen LogP contribution in [0.15, 0.2) is 17.6 Å². The Kier molecular flexibility index (Phi) is 6.64. The molecule has 0 bridgehead atoms. The molecule has 1 N–H and O–H groups in total. The van der Waals surface area contributed by atoms with Crippen LogP contribution in [-0.2, 0) is 0 Å². The first-order chi connectivity index (χ1) is 10.6. The summed E-state index contributed by atoms with van der Waals surface area (Å²) in [6.07, 6.45) is 7.40. The largest absolute Gasteiger partial charge is 0.352 e. The number of thioether (sulfide) groups is 1. The molecule has 1 aliphatic rings. The number of carbonyl (C=O) groups excluding carboxylic acids is 1. The first-order valence-electron chi connectivity index (χ1n) is 7.95. The predicted octanol–water partition coefficient (Wildman–Crippen LogP) is 2.30. The molecule has 0 spiro atoms. The van der Waals surface area contributed by atoms with Gasteiger partial charge in [-0.05, 0) is 37.5 Å².